The minimum absolute atomic E-state index is 0.235. The molecule has 1 aliphatic heterocycles. The van der Waals surface area contributed by atoms with Crippen molar-refractivity contribution in [3.8, 4) is 0 Å². The van der Waals surface area contributed by atoms with Gasteiger partial charge in [0.25, 0.3) is 0 Å². The van der Waals surface area contributed by atoms with Crippen LogP contribution in [0.5, 0.6) is 0 Å². The lowest BCUT2D eigenvalue weighted by Crippen LogP contribution is -2.32. The van der Waals surface area contributed by atoms with Gasteiger partial charge in [-0.2, -0.15) is 0 Å². The number of methoxy groups -OCH3 is 1. The van der Waals surface area contributed by atoms with Crippen molar-refractivity contribution in [1.82, 2.24) is 9.88 Å². The highest BCUT2D eigenvalue weighted by atomic mass is 19.1. The molecule has 7 heteroatoms. The van der Waals surface area contributed by atoms with Gasteiger partial charge in [0.05, 0.1) is 18.0 Å². The van der Waals surface area contributed by atoms with Crippen LogP contribution in [0.15, 0.2) is 66.4 Å². The molecule has 2 amide bonds. The average Bonchev–Trinajstić information content (AvgIpc) is 2.75. The molecule has 0 unspecified atom stereocenters. The van der Waals surface area contributed by atoms with Crippen LogP contribution >= 0.6 is 0 Å². The number of nitrogens with one attached hydrogen (secondary N) is 2. The third-order valence-electron chi connectivity index (χ3n) is 4.61. The Morgan fingerprint density at radius 1 is 1.32 bits per heavy atom. The van der Waals surface area contributed by atoms with Crippen molar-refractivity contribution >= 4 is 23.6 Å². The molecular weight excluding hydrogens is 395 g/mol. The summed E-state index contributed by atoms with van der Waals surface area (Å²) in [6.45, 7) is 3.47. The van der Waals surface area contributed by atoms with Gasteiger partial charge in [-0.25, -0.2) is 14.2 Å². The van der Waals surface area contributed by atoms with E-state index in [0.717, 1.165) is 16.8 Å². The first kappa shape index (κ1) is 22.2. The zero-order valence-electron chi connectivity index (χ0n) is 17.8. The molecule has 2 N–H and O–H groups in total. The molecule has 1 aromatic carbocycles. The molecule has 0 radical (unpaired) electrons. The number of ether oxygens (including phenoxy) is 1. The van der Waals surface area contributed by atoms with Crippen LogP contribution in [-0.2, 0) is 11.2 Å². The maximum Gasteiger partial charge on any atom is 0.326 e. The SMILES string of the molecule is COCC=Cc1ccc(NC(=O)N2C=C(C)C=CC2)c(NCCc2cccc(F)c2)n1. The van der Waals surface area contributed by atoms with E-state index in [-0.39, 0.29) is 11.8 Å². The van der Waals surface area contributed by atoms with Crippen LogP contribution in [-0.4, -0.2) is 42.7 Å². The fraction of sp³-hybridized carbons (Fsp3) is 0.250. The number of benzene rings is 1. The van der Waals surface area contributed by atoms with Crippen molar-refractivity contribution in [3.05, 3.63) is 83.5 Å². The van der Waals surface area contributed by atoms with Crippen LogP contribution in [0.4, 0.5) is 20.7 Å². The van der Waals surface area contributed by atoms with E-state index in [9.17, 15) is 9.18 Å². The molecule has 6 nitrogen and oxygen atoms in total. The molecule has 0 saturated carbocycles. The minimum Gasteiger partial charge on any atom is -0.381 e. The summed E-state index contributed by atoms with van der Waals surface area (Å²) >= 11 is 0. The number of carbonyl (C=O) groups excluding carboxylic acids is 1. The number of carbonyl (C=O) groups is 1. The summed E-state index contributed by atoms with van der Waals surface area (Å²) in [5.74, 6) is 0.297. The maximum atomic E-state index is 13.4. The standard InChI is InChI=1S/C24H27FN4O2/c1-18-6-4-14-29(17-18)24(30)28-22-11-10-21(9-5-15-31-2)27-23(22)26-13-12-19-7-3-8-20(25)16-19/h3-11,16-17H,12-15H2,1-2H3,(H,26,27)(H,28,30). The molecule has 31 heavy (non-hydrogen) atoms. The quantitative estimate of drug-likeness (QED) is 0.639. The molecule has 1 aliphatic rings. The summed E-state index contributed by atoms with van der Waals surface area (Å²) < 4.78 is 18.5. The van der Waals surface area contributed by atoms with E-state index in [2.05, 4.69) is 15.6 Å². The van der Waals surface area contributed by atoms with E-state index in [1.807, 2.05) is 55.6 Å². The van der Waals surface area contributed by atoms with Gasteiger partial charge in [0, 0.05) is 26.4 Å². The summed E-state index contributed by atoms with van der Waals surface area (Å²) in [6, 6.07) is 9.92. The topological polar surface area (TPSA) is 66.5 Å². The fourth-order valence-corrected chi connectivity index (χ4v) is 3.11. The molecular formula is C24H27FN4O2. The number of aromatic nitrogens is 1. The highest BCUT2D eigenvalue weighted by molar-refractivity contribution is 5.93. The molecule has 0 bridgehead atoms. The molecule has 0 saturated heterocycles. The lowest BCUT2D eigenvalue weighted by Gasteiger charge is -2.22. The monoisotopic (exact) mass is 422 g/mol. The summed E-state index contributed by atoms with van der Waals surface area (Å²) in [5.41, 5.74) is 3.20. The van der Waals surface area contributed by atoms with Crippen LogP contribution in [0.3, 0.4) is 0 Å². The van der Waals surface area contributed by atoms with Crippen LogP contribution < -0.4 is 10.6 Å². The van der Waals surface area contributed by atoms with Crippen LogP contribution in [0.1, 0.15) is 18.2 Å². The lowest BCUT2D eigenvalue weighted by atomic mass is 10.1. The summed E-state index contributed by atoms with van der Waals surface area (Å²) in [6.07, 6.45) is 10.1. The maximum absolute atomic E-state index is 13.4. The average molecular weight is 423 g/mol. The number of nitrogens with zero attached hydrogens (tertiary/aromatic N) is 2. The largest absolute Gasteiger partial charge is 0.381 e. The zero-order chi connectivity index (χ0) is 22.1. The predicted molar refractivity (Wildman–Crippen MR) is 122 cm³/mol. The normalized spacial score (nSPS) is 13.4. The Bertz CT molecular complexity index is 1000. The number of pyridine rings is 1. The first-order valence-corrected chi connectivity index (χ1v) is 10.1. The van der Waals surface area contributed by atoms with Gasteiger partial charge in [0.2, 0.25) is 0 Å². The molecule has 3 rings (SSSR count). The van der Waals surface area contributed by atoms with Crippen molar-refractivity contribution in [3.63, 3.8) is 0 Å². The number of hydrogen-bond acceptors (Lipinski definition) is 4. The third kappa shape index (κ3) is 6.79. The smallest absolute Gasteiger partial charge is 0.326 e. The van der Waals surface area contributed by atoms with E-state index in [0.29, 0.717) is 37.6 Å². The Morgan fingerprint density at radius 3 is 2.97 bits per heavy atom. The molecule has 2 aromatic rings. The van der Waals surface area contributed by atoms with Gasteiger partial charge in [0.15, 0.2) is 5.82 Å². The predicted octanol–water partition coefficient (Wildman–Crippen LogP) is 4.84. The van der Waals surface area contributed by atoms with Crippen LogP contribution in [0.2, 0.25) is 0 Å². The Labute approximate surface area is 182 Å². The highest BCUT2D eigenvalue weighted by Gasteiger charge is 2.15. The molecule has 0 fully saturated rings. The Morgan fingerprint density at radius 2 is 2.19 bits per heavy atom. The molecule has 1 aromatic heterocycles. The first-order chi connectivity index (χ1) is 15.0. The second-order valence-corrected chi connectivity index (χ2v) is 7.15. The molecule has 162 valence electrons. The van der Waals surface area contributed by atoms with Crippen molar-refractivity contribution in [2.75, 3.05) is 37.4 Å². The number of halogens is 1. The summed E-state index contributed by atoms with van der Waals surface area (Å²) in [5, 5.41) is 6.20. The van der Waals surface area contributed by atoms with E-state index >= 15 is 0 Å². The number of amides is 2. The molecule has 2 heterocycles. The number of urea groups is 1. The van der Waals surface area contributed by atoms with Gasteiger partial charge in [-0.05, 0) is 54.8 Å². The summed E-state index contributed by atoms with van der Waals surface area (Å²) in [7, 11) is 1.63. The number of rotatable bonds is 8. The molecule has 0 aliphatic carbocycles. The van der Waals surface area contributed by atoms with Gasteiger partial charge < -0.3 is 15.4 Å². The first-order valence-electron chi connectivity index (χ1n) is 10.1. The van der Waals surface area contributed by atoms with Gasteiger partial charge in [0.1, 0.15) is 5.82 Å². The van der Waals surface area contributed by atoms with Crippen LogP contribution in [0, 0.1) is 5.82 Å². The van der Waals surface area contributed by atoms with E-state index in [1.165, 1.54) is 12.1 Å². The van der Waals surface area contributed by atoms with Gasteiger partial charge in [-0.3, -0.25) is 4.90 Å². The van der Waals surface area contributed by atoms with Gasteiger partial charge >= 0.3 is 6.03 Å². The molecule has 0 atom stereocenters. The Hall–Kier alpha value is -3.45. The number of anilines is 2. The molecule has 0 spiro atoms. The lowest BCUT2D eigenvalue weighted by molar-refractivity contribution is 0.231. The highest BCUT2D eigenvalue weighted by Crippen LogP contribution is 2.22. The summed E-state index contributed by atoms with van der Waals surface area (Å²) in [4.78, 5) is 18.9. The fourth-order valence-electron chi connectivity index (χ4n) is 3.11. The van der Waals surface area contributed by atoms with Crippen molar-refractivity contribution in [1.29, 1.82) is 0 Å². The van der Waals surface area contributed by atoms with Crippen molar-refractivity contribution in [2.24, 2.45) is 0 Å². The van der Waals surface area contributed by atoms with Crippen molar-refractivity contribution in [2.45, 2.75) is 13.3 Å². The zero-order valence-corrected chi connectivity index (χ0v) is 17.8. The van der Waals surface area contributed by atoms with Crippen LogP contribution in [0.25, 0.3) is 6.08 Å². The van der Waals surface area contributed by atoms with Gasteiger partial charge in [-0.1, -0.05) is 30.4 Å². The van der Waals surface area contributed by atoms with E-state index < -0.39 is 0 Å². The van der Waals surface area contributed by atoms with E-state index in [4.69, 9.17) is 4.74 Å². The second kappa shape index (κ2) is 11.1. The van der Waals surface area contributed by atoms with E-state index in [1.54, 1.807) is 18.1 Å². The Balaban J connectivity index is 1.73. The Kier molecular flexibility index (Phi) is 7.95. The number of allylic oxidation sites excluding steroid dienone is 2. The third-order valence-corrected chi connectivity index (χ3v) is 4.61. The van der Waals surface area contributed by atoms with Gasteiger partial charge in [-0.15, -0.1) is 0 Å². The minimum atomic E-state index is -0.257. The van der Waals surface area contributed by atoms with Crippen molar-refractivity contribution < 1.29 is 13.9 Å². The number of hydrogen-bond donors (Lipinski definition) is 2. The second-order valence-electron chi connectivity index (χ2n) is 7.15.